The van der Waals surface area contributed by atoms with Crippen LogP contribution in [-0.2, 0) is 14.8 Å². The molecule has 0 spiro atoms. The molecule has 4 rings (SSSR count). The molecular formula is C21H22N2O5S. The molecule has 2 aromatic carbocycles. The topological polar surface area (TPSA) is 84.9 Å². The Labute approximate surface area is 170 Å². The van der Waals surface area contributed by atoms with Crippen LogP contribution in [0.25, 0.3) is 6.08 Å². The van der Waals surface area contributed by atoms with Gasteiger partial charge in [0.2, 0.25) is 15.9 Å². The highest BCUT2D eigenvalue weighted by Crippen LogP contribution is 2.32. The number of carbonyl (C=O) groups excluding carboxylic acids is 1. The zero-order valence-electron chi connectivity index (χ0n) is 15.8. The fourth-order valence-electron chi connectivity index (χ4n) is 3.28. The van der Waals surface area contributed by atoms with Gasteiger partial charge in [0.15, 0.2) is 11.5 Å². The molecule has 0 bridgehead atoms. The number of hydrogen-bond donors (Lipinski definition) is 1. The maximum Gasteiger partial charge on any atom is 0.248 e. The first-order valence-corrected chi connectivity index (χ1v) is 11.1. The Kier molecular flexibility index (Phi) is 5.44. The van der Waals surface area contributed by atoms with E-state index in [4.69, 9.17) is 9.47 Å². The summed E-state index contributed by atoms with van der Waals surface area (Å²) in [6.45, 7) is 1.71. The van der Waals surface area contributed by atoms with Crippen molar-refractivity contribution in [1.82, 2.24) is 0 Å². The van der Waals surface area contributed by atoms with Gasteiger partial charge in [0.05, 0.1) is 24.7 Å². The lowest BCUT2D eigenvalue weighted by Crippen LogP contribution is -2.24. The number of ether oxygens (including phenoxy) is 2. The third-order valence-corrected chi connectivity index (χ3v) is 6.59. The average Bonchev–Trinajstić information content (AvgIpc) is 2.91. The SMILES string of the molecule is O=C(/C=C/c1ccc(N2CCCS2(=O)=O)cc1)Nc1ccc2c(c1)OCCCO2. The van der Waals surface area contributed by atoms with E-state index < -0.39 is 10.0 Å². The van der Waals surface area contributed by atoms with Crippen molar-refractivity contribution in [2.45, 2.75) is 12.8 Å². The van der Waals surface area contributed by atoms with E-state index in [1.54, 1.807) is 48.5 Å². The summed E-state index contributed by atoms with van der Waals surface area (Å²) < 4.78 is 36.6. The number of sulfonamides is 1. The van der Waals surface area contributed by atoms with Crippen molar-refractivity contribution in [3.63, 3.8) is 0 Å². The molecule has 0 aromatic heterocycles. The molecule has 1 fully saturated rings. The predicted molar refractivity (Wildman–Crippen MR) is 112 cm³/mol. The number of fused-ring (bicyclic) bond motifs is 1. The minimum atomic E-state index is -3.19. The molecule has 0 atom stereocenters. The lowest BCUT2D eigenvalue weighted by Gasteiger charge is -2.16. The highest BCUT2D eigenvalue weighted by atomic mass is 32.2. The lowest BCUT2D eigenvalue weighted by atomic mass is 10.2. The molecule has 2 aliphatic rings. The number of nitrogens with one attached hydrogen (secondary N) is 1. The monoisotopic (exact) mass is 414 g/mol. The molecule has 152 valence electrons. The summed E-state index contributed by atoms with van der Waals surface area (Å²) in [5, 5.41) is 2.80. The van der Waals surface area contributed by atoms with Gasteiger partial charge in [-0.05, 0) is 42.3 Å². The Hall–Kier alpha value is -3.00. The highest BCUT2D eigenvalue weighted by molar-refractivity contribution is 7.93. The Morgan fingerprint density at radius 3 is 2.48 bits per heavy atom. The number of carbonyl (C=O) groups is 1. The summed E-state index contributed by atoms with van der Waals surface area (Å²) in [7, 11) is -3.19. The summed E-state index contributed by atoms with van der Waals surface area (Å²) in [6, 6.07) is 12.4. The van der Waals surface area contributed by atoms with Crippen LogP contribution < -0.4 is 19.1 Å². The van der Waals surface area contributed by atoms with Crippen molar-refractivity contribution >= 4 is 33.4 Å². The van der Waals surface area contributed by atoms with Gasteiger partial charge in [-0.1, -0.05) is 12.1 Å². The van der Waals surface area contributed by atoms with E-state index in [1.807, 2.05) is 0 Å². The van der Waals surface area contributed by atoms with Gasteiger partial charge in [0.1, 0.15) is 0 Å². The van der Waals surface area contributed by atoms with Crippen LogP contribution in [0.4, 0.5) is 11.4 Å². The average molecular weight is 414 g/mol. The molecule has 1 saturated heterocycles. The van der Waals surface area contributed by atoms with E-state index in [1.165, 1.54) is 10.4 Å². The van der Waals surface area contributed by atoms with E-state index in [0.717, 1.165) is 12.0 Å². The first-order valence-electron chi connectivity index (χ1n) is 9.50. The van der Waals surface area contributed by atoms with E-state index in [0.29, 0.717) is 49.1 Å². The quantitative estimate of drug-likeness (QED) is 0.778. The van der Waals surface area contributed by atoms with Crippen LogP contribution in [0.3, 0.4) is 0 Å². The first-order chi connectivity index (χ1) is 14.0. The van der Waals surface area contributed by atoms with Crippen LogP contribution >= 0.6 is 0 Å². The zero-order valence-corrected chi connectivity index (χ0v) is 16.7. The lowest BCUT2D eigenvalue weighted by molar-refractivity contribution is -0.111. The second kappa shape index (κ2) is 8.16. The van der Waals surface area contributed by atoms with Gasteiger partial charge in [-0.15, -0.1) is 0 Å². The van der Waals surface area contributed by atoms with Crippen LogP contribution in [0.15, 0.2) is 48.5 Å². The molecule has 0 unspecified atom stereocenters. The maximum atomic E-state index is 12.2. The van der Waals surface area contributed by atoms with Gasteiger partial charge in [-0.25, -0.2) is 8.42 Å². The van der Waals surface area contributed by atoms with Crippen LogP contribution in [-0.4, -0.2) is 39.8 Å². The van der Waals surface area contributed by atoms with Crippen molar-refractivity contribution in [2.75, 3.05) is 35.1 Å². The zero-order chi connectivity index (χ0) is 20.3. The molecule has 2 aliphatic heterocycles. The van der Waals surface area contributed by atoms with Gasteiger partial charge < -0.3 is 14.8 Å². The predicted octanol–water partition coefficient (Wildman–Crippen LogP) is 3.04. The molecule has 7 nitrogen and oxygen atoms in total. The van der Waals surface area contributed by atoms with Gasteiger partial charge in [0.25, 0.3) is 0 Å². The molecule has 2 aromatic rings. The second-order valence-corrected chi connectivity index (χ2v) is 8.88. The smallest absolute Gasteiger partial charge is 0.248 e. The molecule has 0 saturated carbocycles. The van der Waals surface area contributed by atoms with Crippen LogP contribution in [0, 0.1) is 0 Å². The molecule has 29 heavy (non-hydrogen) atoms. The number of rotatable bonds is 4. The summed E-state index contributed by atoms with van der Waals surface area (Å²) in [5.41, 5.74) is 2.08. The van der Waals surface area contributed by atoms with Crippen LogP contribution in [0.5, 0.6) is 11.5 Å². The Balaban J connectivity index is 1.39. The number of anilines is 2. The summed E-state index contributed by atoms with van der Waals surface area (Å²) in [6.07, 6.45) is 4.58. The van der Waals surface area contributed by atoms with Crippen molar-refractivity contribution in [1.29, 1.82) is 0 Å². The fraction of sp³-hybridized carbons (Fsp3) is 0.286. The molecule has 0 radical (unpaired) electrons. The Bertz CT molecular complexity index is 1030. The second-order valence-electron chi connectivity index (χ2n) is 6.87. The minimum Gasteiger partial charge on any atom is -0.490 e. The van der Waals surface area contributed by atoms with Gasteiger partial charge >= 0.3 is 0 Å². The fourth-order valence-corrected chi connectivity index (χ4v) is 4.84. The first kappa shape index (κ1) is 19.3. The van der Waals surface area contributed by atoms with Crippen molar-refractivity contribution in [3.8, 4) is 11.5 Å². The number of hydrogen-bond acceptors (Lipinski definition) is 5. The molecule has 8 heteroatoms. The van der Waals surface area contributed by atoms with Crippen molar-refractivity contribution < 1.29 is 22.7 Å². The number of nitrogens with zero attached hydrogens (tertiary/aromatic N) is 1. The van der Waals surface area contributed by atoms with E-state index in [-0.39, 0.29) is 11.7 Å². The van der Waals surface area contributed by atoms with E-state index in [9.17, 15) is 13.2 Å². The summed E-state index contributed by atoms with van der Waals surface area (Å²) in [5.74, 6) is 1.22. The molecule has 1 N–H and O–H groups in total. The molecule has 0 aliphatic carbocycles. The van der Waals surface area contributed by atoms with Gasteiger partial charge in [-0.2, -0.15) is 0 Å². The number of amides is 1. The van der Waals surface area contributed by atoms with E-state index >= 15 is 0 Å². The Morgan fingerprint density at radius 1 is 1.00 bits per heavy atom. The largest absolute Gasteiger partial charge is 0.490 e. The molecule has 2 heterocycles. The van der Waals surface area contributed by atoms with Crippen LogP contribution in [0.2, 0.25) is 0 Å². The van der Waals surface area contributed by atoms with E-state index in [2.05, 4.69) is 5.32 Å². The number of benzene rings is 2. The van der Waals surface area contributed by atoms with Gasteiger partial charge in [-0.3, -0.25) is 9.10 Å². The molecular weight excluding hydrogens is 392 g/mol. The minimum absolute atomic E-state index is 0.189. The third-order valence-electron chi connectivity index (χ3n) is 4.72. The summed E-state index contributed by atoms with van der Waals surface area (Å²) >= 11 is 0. The standard InChI is InChI=1S/C21H22N2O5S/c24-21(22-17-6-9-19-20(15-17)28-13-2-12-27-19)10-5-16-3-7-18(8-4-16)23-11-1-14-29(23,25)26/h3-10,15H,1-2,11-14H2,(H,22,24)/b10-5+. The third kappa shape index (κ3) is 4.54. The molecule has 1 amide bonds. The Morgan fingerprint density at radius 2 is 1.76 bits per heavy atom. The van der Waals surface area contributed by atoms with Crippen LogP contribution in [0.1, 0.15) is 18.4 Å². The van der Waals surface area contributed by atoms with Crippen molar-refractivity contribution in [2.24, 2.45) is 0 Å². The van der Waals surface area contributed by atoms with Gasteiger partial charge in [0, 0.05) is 30.8 Å². The highest BCUT2D eigenvalue weighted by Gasteiger charge is 2.28. The van der Waals surface area contributed by atoms with Crippen molar-refractivity contribution in [3.05, 3.63) is 54.1 Å². The maximum absolute atomic E-state index is 12.2. The summed E-state index contributed by atoms with van der Waals surface area (Å²) in [4.78, 5) is 12.2. The normalized spacial score (nSPS) is 17.9.